The summed E-state index contributed by atoms with van der Waals surface area (Å²) in [5.74, 6) is -0.279. The molecule has 0 spiro atoms. The van der Waals surface area contributed by atoms with Crippen molar-refractivity contribution in [2.45, 2.75) is 45.8 Å². The van der Waals surface area contributed by atoms with E-state index in [-0.39, 0.29) is 12.1 Å². The highest BCUT2D eigenvalue weighted by molar-refractivity contribution is 5.77. The molecule has 0 bridgehead atoms. The summed E-state index contributed by atoms with van der Waals surface area (Å²) < 4.78 is 10.8. The van der Waals surface area contributed by atoms with Crippen LogP contribution in [0.5, 0.6) is 0 Å². The average Bonchev–Trinajstić information content (AvgIpc) is 2.37. The molecular weight excluding hydrogens is 228 g/mol. The number of carbonyl (C=O) groups is 1. The molecule has 18 heavy (non-hydrogen) atoms. The van der Waals surface area contributed by atoms with Gasteiger partial charge in [0, 0.05) is 0 Å². The van der Waals surface area contributed by atoms with Gasteiger partial charge in [0.2, 0.25) is 0 Å². The second-order valence-corrected chi connectivity index (χ2v) is 4.62. The van der Waals surface area contributed by atoms with E-state index in [4.69, 9.17) is 9.47 Å². The summed E-state index contributed by atoms with van der Waals surface area (Å²) >= 11 is 0. The fourth-order valence-electron chi connectivity index (χ4n) is 2.52. The van der Waals surface area contributed by atoms with Gasteiger partial charge in [-0.3, -0.25) is 0 Å². The number of aryl methyl sites for hydroxylation is 1. The lowest BCUT2D eigenvalue weighted by atomic mass is 9.89. The zero-order chi connectivity index (χ0) is 13.1. The lowest BCUT2D eigenvalue weighted by Crippen LogP contribution is -2.30. The Kier molecular flexibility index (Phi) is 4.02. The highest BCUT2D eigenvalue weighted by Crippen LogP contribution is 2.33. The summed E-state index contributed by atoms with van der Waals surface area (Å²) in [7, 11) is 0. The fraction of sp³-hybridized carbons (Fsp3) is 0.533. The molecule has 1 aliphatic rings. The van der Waals surface area contributed by atoms with Crippen LogP contribution in [-0.2, 0) is 27.1 Å². The van der Waals surface area contributed by atoms with Gasteiger partial charge in [-0.05, 0) is 43.4 Å². The van der Waals surface area contributed by atoms with E-state index in [1.54, 1.807) is 0 Å². The van der Waals surface area contributed by atoms with Crippen LogP contribution in [0.3, 0.4) is 0 Å². The maximum atomic E-state index is 12.0. The van der Waals surface area contributed by atoms with Crippen LogP contribution in [0.15, 0.2) is 18.2 Å². The van der Waals surface area contributed by atoms with Crippen molar-refractivity contribution in [3.05, 3.63) is 34.9 Å². The first kappa shape index (κ1) is 13.1. The molecule has 3 heteroatoms. The van der Waals surface area contributed by atoms with Crippen LogP contribution in [-0.4, -0.2) is 18.7 Å². The first-order valence-corrected chi connectivity index (χ1v) is 6.60. The number of rotatable bonds is 3. The molecule has 0 amide bonds. The van der Waals surface area contributed by atoms with Gasteiger partial charge in [-0.15, -0.1) is 0 Å². The summed E-state index contributed by atoms with van der Waals surface area (Å²) in [6.45, 7) is 6.33. The monoisotopic (exact) mass is 248 g/mol. The lowest BCUT2D eigenvalue weighted by molar-refractivity contribution is -0.162. The first-order chi connectivity index (χ1) is 8.67. The second kappa shape index (κ2) is 5.53. The van der Waals surface area contributed by atoms with E-state index >= 15 is 0 Å². The van der Waals surface area contributed by atoms with Crippen LogP contribution in [0.2, 0.25) is 0 Å². The molecule has 1 aliphatic heterocycles. The van der Waals surface area contributed by atoms with Crippen LogP contribution in [0.25, 0.3) is 0 Å². The largest absolute Gasteiger partial charge is 0.464 e. The second-order valence-electron chi connectivity index (χ2n) is 4.62. The smallest absolute Gasteiger partial charge is 0.339 e. The van der Waals surface area contributed by atoms with Crippen molar-refractivity contribution >= 4 is 5.97 Å². The molecular formula is C15H20O3. The third-order valence-electron chi connectivity index (χ3n) is 3.33. The van der Waals surface area contributed by atoms with Crippen molar-refractivity contribution in [3.63, 3.8) is 0 Å². The fourth-order valence-corrected chi connectivity index (χ4v) is 2.52. The van der Waals surface area contributed by atoms with Crippen molar-refractivity contribution in [1.29, 1.82) is 0 Å². The van der Waals surface area contributed by atoms with Crippen LogP contribution >= 0.6 is 0 Å². The number of benzene rings is 1. The Morgan fingerprint density at radius 2 is 2.22 bits per heavy atom. The Balaban J connectivity index is 2.39. The van der Waals surface area contributed by atoms with Crippen LogP contribution in [0, 0.1) is 0 Å². The number of hydrogen-bond donors (Lipinski definition) is 0. The molecule has 0 N–H and O–H groups in total. The molecule has 0 aromatic heterocycles. The molecule has 0 fully saturated rings. The summed E-state index contributed by atoms with van der Waals surface area (Å²) in [6, 6.07) is 6.09. The van der Waals surface area contributed by atoms with Gasteiger partial charge in [0.15, 0.2) is 6.10 Å². The highest BCUT2D eigenvalue weighted by Gasteiger charge is 2.32. The highest BCUT2D eigenvalue weighted by atomic mass is 16.6. The molecule has 2 atom stereocenters. The first-order valence-electron chi connectivity index (χ1n) is 6.60. The van der Waals surface area contributed by atoms with Crippen LogP contribution < -0.4 is 0 Å². The molecule has 98 valence electrons. The van der Waals surface area contributed by atoms with E-state index in [2.05, 4.69) is 13.0 Å². The van der Waals surface area contributed by atoms with Gasteiger partial charge < -0.3 is 9.47 Å². The molecule has 1 unspecified atom stereocenters. The third-order valence-corrected chi connectivity index (χ3v) is 3.33. The van der Waals surface area contributed by atoms with E-state index in [0.29, 0.717) is 6.61 Å². The SMILES string of the molecule is CCOC(=O)C1O[C@H](C)Cc2c(CC)cccc21. The minimum Gasteiger partial charge on any atom is -0.464 e. The summed E-state index contributed by atoms with van der Waals surface area (Å²) in [6.07, 6.45) is 1.34. The molecule has 0 aliphatic carbocycles. The Bertz CT molecular complexity index is 439. The standard InChI is InChI=1S/C15H20O3/c1-4-11-7-6-8-12-13(11)9-10(3)18-14(12)15(16)17-5-2/h6-8,10,14H,4-5,9H2,1-3H3/t10-,14?/m1/s1. The molecule has 0 radical (unpaired) electrons. The molecule has 1 heterocycles. The molecule has 2 rings (SSSR count). The van der Waals surface area contributed by atoms with Gasteiger partial charge in [0.1, 0.15) is 0 Å². The van der Waals surface area contributed by atoms with Crippen molar-refractivity contribution in [1.82, 2.24) is 0 Å². The topological polar surface area (TPSA) is 35.5 Å². The Morgan fingerprint density at radius 3 is 2.89 bits per heavy atom. The van der Waals surface area contributed by atoms with Crippen molar-refractivity contribution in [2.75, 3.05) is 6.61 Å². The molecule has 1 aromatic rings. The zero-order valence-electron chi connectivity index (χ0n) is 11.2. The minimum atomic E-state index is -0.560. The normalized spacial score (nSPS) is 22.4. The third kappa shape index (κ3) is 2.41. The van der Waals surface area contributed by atoms with E-state index in [9.17, 15) is 4.79 Å². The van der Waals surface area contributed by atoms with Crippen molar-refractivity contribution in [3.8, 4) is 0 Å². The molecule has 0 saturated heterocycles. The van der Waals surface area contributed by atoms with Gasteiger partial charge >= 0.3 is 5.97 Å². The van der Waals surface area contributed by atoms with E-state index in [0.717, 1.165) is 18.4 Å². The summed E-state index contributed by atoms with van der Waals surface area (Å²) in [5.41, 5.74) is 3.54. The van der Waals surface area contributed by atoms with Crippen LogP contribution in [0.4, 0.5) is 0 Å². The Labute approximate surface area is 108 Å². The van der Waals surface area contributed by atoms with E-state index < -0.39 is 6.10 Å². The number of fused-ring (bicyclic) bond motifs is 1. The summed E-state index contributed by atoms with van der Waals surface area (Å²) in [5, 5.41) is 0. The molecule has 3 nitrogen and oxygen atoms in total. The van der Waals surface area contributed by atoms with Crippen LogP contribution in [0.1, 0.15) is 43.6 Å². The van der Waals surface area contributed by atoms with E-state index in [1.807, 2.05) is 26.0 Å². The minimum absolute atomic E-state index is 0.0552. The summed E-state index contributed by atoms with van der Waals surface area (Å²) in [4.78, 5) is 12.0. The Hall–Kier alpha value is -1.35. The number of esters is 1. The van der Waals surface area contributed by atoms with Crippen molar-refractivity contribution < 1.29 is 14.3 Å². The maximum absolute atomic E-state index is 12.0. The van der Waals surface area contributed by atoms with Gasteiger partial charge in [0.25, 0.3) is 0 Å². The predicted molar refractivity (Wildman–Crippen MR) is 69.4 cm³/mol. The Morgan fingerprint density at radius 1 is 1.44 bits per heavy atom. The van der Waals surface area contributed by atoms with Gasteiger partial charge in [-0.25, -0.2) is 4.79 Å². The number of carbonyl (C=O) groups excluding carboxylic acids is 1. The maximum Gasteiger partial charge on any atom is 0.339 e. The zero-order valence-corrected chi connectivity index (χ0v) is 11.2. The van der Waals surface area contributed by atoms with Crippen molar-refractivity contribution in [2.24, 2.45) is 0 Å². The van der Waals surface area contributed by atoms with Gasteiger partial charge in [-0.2, -0.15) is 0 Å². The quantitative estimate of drug-likeness (QED) is 0.772. The molecule has 0 saturated carbocycles. The predicted octanol–water partition coefficient (Wildman–Crippen LogP) is 2.81. The lowest BCUT2D eigenvalue weighted by Gasteiger charge is -2.30. The number of ether oxygens (including phenoxy) is 2. The van der Waals surface area contributed by atoms with E-state index in [1.165, 1.54) is 11.1 Å². The molecule has 1 aromatic carbocycles. The number of hydrogen-bond acceptors (Lipinski definition) is 3. The average molecular weight is 248 g/mol. The van der Waals surface area contributed by atoms with Gasteiger partial charge in [0.05, 0.1) is 12.7 Å². The van der Waals surface area contributed by atoms with Gasteiger partial charge in [-0.1, -0.05) is 25.1 Å².